The van der Waals surface area contributed by atoms with Gasteiger partial charge in [0, 0.05) is 40.7 Å². The molecule has 0 atom stereocenters. The number of hydrogen-bond donors (Lipinski definition) is 1. The number of nitrogens with zero attached hydrogens (tertiary/aromatic N) is 3. The van der Waals surface area contributed by atoms with Crippen molar-refractivity contribution in [2.75, 3.05) is 5.32 Å². The van der Waals surface area contributed by atoms with Gasteiger partial charge in [0.25, 0.3) is 5.91 Å². The Morgan fingerprint density at radius 2 is 2.12 bits per heavy atom. The lowest BCUT2D eigenvalue weighted by atomic mass is 10.3. The maximum atomic E-state index is 12.6. The number of rotatable bonds is 5. The highest BCUT2D eigenvalue weighted by atomic mass is 32.2. The van der Waals surface area contributed by atoms with E-state index in [4.69, 9.17) is 0 Å². The number of carbonyl (C=O) groups excluding carboxylic acids is 1. The van der Waals surface area contributed by atoms with Gasteiger partial charge in [-0.3, -0.25) is 4.79 Å². The highest BCUT2D eigenvalue weighted by molar-refractivity contribution is 7.99. The Kier molecular flexibility index (Phi) is 4.87. The summed E-state index contributed by atoms with van der Waals surface area (Å²) in [5.41, 5.74) is 2.22. The molecule has 0 spiro atoms. The molecular formula is C18H14N4OS3. The Morgan fingerprint density at radius 3 is 2.88 bits per heavy atom. The number of aryl methyl sites for hydroxylation is 1. The van der Waals surface area contributed by atoms with Crippen molar-refractivity contribution in [3.63, 3.8) is 0 Å². The van der Waals surface area contributed by atoms with Gasteiger partial charge in [-0.1, -0.05) is 12.1 Å². The summed E-state index contributed by atoms with van der Waals surface area (Å²) in [6, 6.07) is 9.69. The van der Waals surface area contributed by atoms with Crippen LogP contribution in [0.1, 0.15) is 10.5 Å². The van der Waals surface area contributed by atoms with Crippen molar-refractivity contribution in [1.82, 2.24) is 14.5 Å². The molecule has 130 valence electrons. The fraction of sp³-hybridized carbons (Fsp3) is 0.0556. The minimum atomic E-state index is -0.212. The van der Waals surface area contributed by atoms with Crippen LogP contribution in [0.3, 0.4) is 0 Å². The van der Waals surface area contributed by atoms with Gasteiger partial charge in [0.15, 0.2) is 5.16 Å². The Morgan fingerprint density at radius 1 is 1.23 bits per heavy atom. The molecule has 4 aromatic rings. The molecule has 1 aromatic carbocycles. The maximum absolute atomic E-state index is 12.6. The van der Waals surface area contributed by atoms with Crippen molar-refractivity contribution in [2.45, 2.75) is 10.1 Å². The second-order valence-corrected chi connectivity index (χ2v) is 8.07. The van der Waals surface area contributed by atoms with Gasteiger partial charge in [0.05, 0.1) is 5.69 Å². The third kappa shape index (κ3) is 3.57. The summed E-state index contributed by atoms with van der Waals surface area (Å²) >= 11 is 4.60. The van der Waals surface area contributed by atoms with Crippen LogP contribution in [-0.2, 0) is 7.05 Å². The molecule has 0 saturated heterocycles. The number of imidazole rings is 1. The number of thiophene rings is 1. The predicted molar refractivity (Wildman–Crippen MR) is 107 cm³/mol. The number of aromatic nitrogens is 3. The van der Waals surface area contributed by atoms with E-state index in [1.54, 1.807) is 22.9 Å². The largest absolute Gasteiger partial charge is 0.329 e. The summed E-state index contributed by atoms with van der Waals surface area (Å²) in [5, 5.41) is 10.5. The van der Waals surface area contributed by atoms with Crippen LogP contribution in [0, 0.1) is 0 Å². The van der Waals surface area contributed by atoms with Crippen molar-refractivity contribution < 1.29 is 4.79 Å². The van der Waals surface area contributed by atoms with Crippen LogP contribution < -0.4 is 5.32 Å². The van der Waals surface area contributed by atoms with Gasteiger partial charge >= 0.3 is 0 Å². The van der Waals surface area contributed by atoms with Crippen LogP contribution >= 0.6 is 34.4 Å². The summed E-state index contributed by atoms with van der Waals surface area (Å²) in [7, 11) is 1.94. The van der Waals surface area contributed by atoms with E-state index in [-0.39, 0.29) is 5.91 Å². The number of para-hydroxylation sites is 1. The Balaban J connectivity index is 1.54. The van der Waals surface area contributed by atoms with Gasteiger partial charge < -0.3 is 9.88 Å². The molecule has 3 heterocycles. The molecule has 4 rings (SSSR count). The zero-order valence-corrected chi connectivity index (χ0v) is 16.2. The van der Waals surface area contributed by atoms with Gasteiger partial charge in [0.1, 0.15) is 10.7 Å². The molecular weight excluding hydrogens is 384 g/mol. The highest BCUT2D eigenvalue weighted by Crippen LogP contribution is 2.32. The molecule has 0 fully saturated rings. The molecule has 0 radical (unpaired) electrons. The second kappa shape index (κ2) is 7.45. The Hall–Kier alpha value is -2.42. The topological polar surface area (TPSA) is 59.8 Å². The number of amides is 1. The van der Waals surface area contributed by atoms with Gasteiger partial charge in [0.2, 0.25) is 0 Å². The van der Waals surface area contributed by atoms with Crippen LogP contribution in [0.4, 0.5) is 5.69 Å². The first-order chi connectivity index (χ1) is 12.7. The van der Waals surface area contributed by atoms with E-state index in [2.05, 4.69) is 15.3 Å². The van der Waals surface area contributed by atoms with E-state index in [9.17, 15) is 4.79 Å². The van der Waals surface area contributed by atoms with Crippen LogP contribution in [0.5, 0.6) is 0 Å². The normalized spacial score (nSPS) is 10.8. The summed E-state index contributed by atoms with van der Waals surface area (Å²) in [4.78, 5) is 22.3. The maximum Gasteiger partial charge on any atom is 0.275 e. The molecule has 0 aliphatic carbocycles. The SMILES string of the molecule is Cn1ccnc1Sc1ccccc1NC(=O)c1csc(-c2ccsc2)n1. The summed E-state index contributed by atoms with van der Waals surface area (Å²) in [5.74, 6) is -0.212. The summed E-state index contributed by atoms with van der Waals surface area (Å²) < 4.78 is 1.94. The lowest BCUT2D eigenvalue weighted by Gasteiger charge is -2.09. The van der Waals surface area contributed by atoms with Gasteiger partial charge in [-0.2, -0.15) is 11.3 Å². The molecule has 0 aliphatic rings. The second-order valence-electron chi connectivity index (χ2n) is 5.42. The summed E-state index contributed by atoms with van der Waals surface area (Å²) in [6.07, 6.45) is 3.65. The van der Waals surface area contributed by atoms with E-state index < -0.39 is 0 Å². The number of nitrogens with one attached hydrogen (secondary N) is 1. The van der Waals surface area contributed by atoms with E-state index in [0.717, 1.165) is 26.3 Å². The van der Waals surface area contributed by atoms with E-state index in [1.807, 2.05) is 58.9 Å². The fourth-order valence-corrected chi connectivity index (χ4v) is 4.69. The number of benzene rings is 1. The first-order valence-electron chi connectivity index (χ1n) is 7.74. The number of anilines is 1. The third-order valence-corrected chi connectivity index (χ3v) is 6.34. The van der Waals surface area contributed by atoms with Crippen molar-refractivity contribution in [2.24, 2.45) is 7.05 Å². The molecule has 3 aromatic heterocycles. The van der Waals surface area contributed by atoms with E-state index in [1.165, 1.54) is 23.1 Å². The lowest BCUT2D eigenvalue weighted by Crippen LogP contribution is -2.13. The monoisotopic (exact) mass is 398 g/mol. The first kappa shape index (κ1) is 17.0. The van der Waals surface area contributed by atoms with Crippen LogP contribution in [0.25, 0.3) is 10.6 Å². The van der Waals surface area contributed by atoms with E-state index in [0.29, 0.717) is 5.69 Å². The zero-order valence-electron chi connectivity index (χ0n) is 13.7. The van der Waals surface area contributed by atoms with Crippen LogP contribution in [0.2, 0.25) is 0 Å². The smallest absolute Gasteiger partial charge is 0.275 e. The minimum Gasteiger partial charge on any atom is -0.329 e. The molecule has 1 N–H and O–H groups in total. The molecule has 0 unspecified atom stereocenters. The first-order valence-corrected chi connectivity index (χ1v) is 10.4. The van der Waals surface area contributed by atoms with Crippen LogP contribution in [-0.4, -0.2) is 20.4 Å². The molecule has 26 heavy (non-hydrogen) atoms. The predicted octanol–water partition coefficient (Wildman–Crippen LogP) is 5.01. The van der Waals surface area contributed by atoms with Crippen LogP contribution in [0.15, 0.2) is 68.9 Å². The van der Waals surface area contributed by atoms with E-state index >= 15 is 0 Å². The number of thiazole rings is 1. The average Bonchev–Trinajstić information content (AvgIpc) is 3.38. The number of carbonyl (C=O) groups is 1. The fourth-order valence-electron chi connectivity index (χ4n) is 2.29. The molecule has 5 nitrogen and oxygen atoms in total. The number of hydrogen-bond acceptors (Lipinski definition) is 6. The standard InChI is InChI=1S/C18H14N4OS3/c1-22-8-7-19-18(22)26-15-5-3-2-4-13(15)20-16(23)14-11-25-17(21-14)12-6-9-24-10-12/h2-11H,1H3,(H,20,23). The Bertz CT molecular complexity index is 1040. The van der Waals surface area contributed by atoms with Gasteiger partial charge in [-0.15, -0.1) is 11.3 Å². The quantitative estimate of drug-likeness (QED) is 0.513. The molecule has 0 saturated carbocycles. The van der Waals surface area contributed by atoms with Crippen molar-refractivity contribution >= 4 is 46.0 Å². The lowest BCUT2D eigenvalue weighted by molar-refractivity contribution is 0.102. The molecule has 0 bridgehead atoms. The average molecular weight is 399 g/mol. The Labute approximate surface area is 162 Å². The summed E-state index contributed by atoms with van der Waals surface area (Å²) in [6.45, 7) is 0. The molecule has 8 heteroatoms. The van der Waals surface area contributed by atoms with Crippen molar-refractivity contribution in [1.29, 1.82) is 0 Å². The zero-order chi connectivity index (χ0) is 17.9. The van der Waals surface area contributed by atoms with Gasteiger partial charge in [-0.25, -0.2) is 9.97 Å². The third-order valence-electron chi connectivity index (χ3n) is 3.62. The van der Waals surface area contributed by atoms with Crippen molar-refractivity contribution in [3.8, 4) is 10.6 Å². The van der Waals surface area contributed by atoms with Gasteiger partial charge in [-0.05, 0) is 35.3 Å². The molecule has 1 amide bonds. The van der Waals surface area contributed by atoms with Crippen molar-refractivity contribution in [3.05, 3.63) is 64.6 Å². The highest BCUT2D eigenvalue weighted by Gasteiger charge is 2.15. The molecule has 0 aliphatic heterocycles. The minimum absolute atomic E-state index is 0.212.